The first-order valence-corrected chi connectivity index (χ1v) is 11.9. The van der Waals surface area contributed by atoms with Crippen LogP contribution in [0.25, 0.3) is 0 Å². The highest BCUT2D eigenvalue weighted by Crippen LogP contribution is 2.33. The van der Waals surface area contributed by atoms with Gasteiger partial charge in [-0.1, -0.05) is 75.3 Å². The Bertz CT molecular complexity index is 172. The van der Waals surface area contributed by atoms with Crippen LogP contribution in [0.4, 0.5) is 0 Å². The monoisotopic (exact) mass is 250 g/mol. The predicted octanol–water partition coefficient (Wildman–Crippen LogP) is 3.43. The molecule has 0 unspecified atom stereocenters. The Balaban J connectivity index is 1.72. The Morgan fingerprint density at radius 3 is 1.93 bits per heavy atom. The van der Waals surface area contributed by atoms with Crippen LogP contribution in [0.1, 0.15) is 64.2 Å². The molecule has 6 radical (unpaired) electrons. The van der Waals surface area contributed by atoms with E-state index < -0.39 is 0 Å². The van der Waals surface area contributed by atoms with Crippen molar-refractivity contribution in [3.05, 3.63) is 0 Å². The quantitative estimate of drug-likeness (QED) is 0.673. The van der Waals surface area contributed by atoms with Crippen LogP contribution in [0.3, 0.4) is 0 Å². The normalized spacial score (nSPS) is 26.0. The van der Waals surface area contributed by atoms with Crippen LogP contribution in [-0.4, -0.2) is 26.6 Å². The van der Waals surface area contributed by atoms with Crippen molar-refractivity contribution in [2.24, 2.45) is 0 Å². The molecule has 0 N–H and O–H groups in total. The first-order chi connectivity index (χ1) is 7.36. The van der Waals surface area contributed by atoms with Gasteiger partial charge in [0.25, 0.3) is 0 Å². The van der Waals surface area contributed by atoms with Gasteiger partial charge in [-0.15, -0.1) is 0 Å². The molecule has 2 aliphatic rings. The fourth-order valence-corrected chi connectivity index (χ4v) is 11.8. The van der Waals surface area contributed by atoms with Crippen molar-refractivity contribution in [1.82, 2.24) is 0 Å². The number of hydrogen-bond donors (Lipinski definition) is 0. The first-order valence-electron chi connectivity index (χ1n) is 6.71. The summed E-state index contributed by atoms with van der Waals surface area (Å²) in [7, 11) is 5.29. The van der Waals surface area contributed by atoms with Crippen LogP contribution in [0, 0.1) is 0 Å². The molecule has 0 nitrogen and oxygen atoms in total. The molecule has 0 saturated heterocycles. The van der Waals surface area contributed by atoms with Crippen LogP contribution in [0.5, 0.6) is 0 Å². The van der Waals surface area contributed by atoms with Gasteiger partial charge in [-0.3, -0.25) is 0 Å². The zero-order chi connectivity index (χ0) is 10.5. The average Bonchev–Trinajstić information content (AvgIpc) is 2.31. The second-order valence-corrected chi connectivity index (χ2v) is 13.6. The molecule has 0 atom stereocenters. The molecule has 0 aromatic rings. The molecule has 0 aromatic heterocycles. The SMILES string of the molecule is [Si][Si]([Si]C1CCCCC1)C1CCCCC1. The Morgan fingerprint density at radius 1 is 0.800 bits per heavy atom. The van der Waals surface area contributed by atoms with Crippen molar-refractivity contribution in [2.75, 3.05) is 0 Å². The van der Waals surface area contributed by atoms with Gasteiger partial charge in [-0.2, -0.15) is 0 Å². The molecule has 0 bridgehead atoms. The maximum absolute atomic E-state index is 4.14. The highest BCUT2D eigenvalue weighted by Gasteiger charge is 2.25. The minimum atomic E-state index is -0.156. The lowest BCUT2D eigenvalue weighted by molar-refractivity contribution is 0.495. The summed E-state index contributed by atoms with van der Waals surface area (Å²) in [6.45, 7) is 0. The van der Waals surface area contributed by atoms with E-state index in [1.165, 1.54) is 60.4 Å². The summed E-state index contributed by atoms with van der Waals surface area (Å²) >= 11 is 0. The van der Waals surface area contributed by atoms with Crippen LogP contribution >= 0.6 is 0 Å². The van der Waals surface area contributed by atoms with Gasteiger partial charge < -0.3 is 0 Å². The lowest BCUT2D eigenvalue weighted by Gasteiger charge is -2.30. The van der Waals surface area contributed by atoms with E-state index >= 15 is 0 Å². The Labute approximate surface area is 102 Å². The van der Waals surface area contributed by atoms with Crippen molar-refractivity contribution >= 4 is 26.6 Å². The largest absolute Gasteiger partial charge is 0.0535 e. The molecule has 15 heavy (non-hydrogen) atoms. The third-order valence-electron chi connectivity index (χ3n) is 3.98. The molecule has 2 fully saturated rings. The van der Waals surface area contributed by atoms with Gasteiger partial charge in [-0.05, 0) is 0 Å². The fourth-order valence-electron chi connectivity index (χ4n) is 2.98. The van der Waals surface area contributed by atoms with Crippen molar-refractivity contribution in [3.63, 3.8) is 0 Å². The molecule has 0 heterocycles. The minimum Gasteiger partial charge on any atom is -0.0535 e. The highest BCUT2D eigenvalue weighted by molar-refractivity contribution is 7.35. The minimum absolute atomic E-state index is 0.156. The molecule has 2 rings (SSSR count). The molecular formula is C12H22Si3. The van der Waals surface area contributed by atoms with Gasteiger partial charge in [0.05, 0.1) is 0 Å². The number of hydrogen-bond acceptors (Lipinski definition) is 0. The third-order valence-corrected chi connectivity index (χ3v) is 12.6. The van der Waals surface area contributed by atoms with E-state index in [0.717, 1.165) is 11.1 Å². The summed E-state index contributed by atoms with van der Waals surface area (Å²) in [5, 5.41) is 0. The van der Waals surface area contributed by atoms with Gasteiger partial charge in [0, 0.05) is 26.6 Å². The third kappa shape index (κ3) is 3.86. The molecular weight excluding hydrogens is 228 g/mol. The lowest BCUT2D eigenvalue weighted by Crippen LogP contribution is -2.34. The van der Waals surface area contributed by atoms with Crippen molar-refractivity contribution in [3.8, 4) is 0 Å². The molecule has 3 heteroatoms. The highest BCUT2D eigenvalue weighted by atomic mass is 29.5. The van der Waals surface area contributed by atoms with Gasteiger partial charge in [0.1, 0.15) is 0 Å². The molecule has 82 valence electrons. The van der Waals surface area contributed by atoms with E-state index in [1.54, 1.807) is 12.8 Å². The van der Waals surface area contributed by atoms with E-state index in [4.69, 9.17) is 0 Å². The molecule has 2 saturated carbocycles. The molecule has 0 aromatic carbocycles. The fraction of sp³-hybridized carbons (Fsp3) is 1.00. The zero-order valence-electron chi connectivity index (χ0n) is 9.73. The van der Waals surface area contributed by atoms with Crippen LogP contribution in [0.15, 0.2) is 0 Å². The van der Waals surface area contributed by atoms with E-state index in [-0.39, 0.29) is 7.83 Å². The Morgan fingerprint density at radius 2 is 1.33 bits per heavy atom. The molecule has 0 aliphatic heterocycles. The van der Waals surface area contributed by atoms with Gasteiger partial charge in [0.2, 0.25) is 0 Å². The predicted molar refractivity (Wildman–Crippen MR) is 70.9 cm³/mol. The van der Waals surface area contributed by atoms with E-state index in [1.807, 2.05) is 0 Å². The van der Waals surface area contributed by atoms with Crippen molar-refractivity contribution in [2.45, 2.75) is 75.3 Å². The first kappa shape index (κ1) is 12.1. The molecule has 0 amide bonds. The summed E-state index contributed by atoms with van der Waals surface area (Å²) in [5.74, 6) is 0. The Hall–Kier alpha value is 0.651. The topological polar surface area (TPSA) is 0 Å². The van der Waals surface area contributed by atoms with Gasteiger partial charge in [0.15, 0.2) is 0 Å². The summed E-state index contributed by atoms with van der Waals surface area (Å²) in [4.78, 5) is 0. The van der Waals surface area contributed by atoms with E-state index in [0.29, 0.717) is 0 Å². The number of rotatable bonds is 3. The van der Waals surface area contributed by atoms with Gasteiger partial charge in [-0.25, -0.2) is 0 Å². The summed E-state index contributed by atoms with van der Waals surface area (Å²) < 4.78 is 0. The average molecular weight is 251 g/mol. The van der Waals surface area contributed by atoms with Gasteiger partial charge >= 0.3 is 0 Å². The smallest absolute Gasteiger partial charge is 0.0262 e. The van der Waals surface area contributed by atoms with Crippen LogP contribution in [0.2, 0.25) is 11.1 Å². The maximum Gasteiger partial charge on any atom is 0.0262 e. The second-order valence-electron chi connectivity index (χ2n) is 5.23. The van der Waals surface area contributed by atoms with E-state index in [9.17, 15) is 0 Å². The van der Waals surface area contributed by atoms with Crippen molar-refractivity contribution < 1.29 is 0 Å². The summed E-state index contributed by atoms with van der Waals surface area (Å²) in [5.41, 5.74) is 2.23. The second kappa shape index (κ2) is 6.40. The summed E-state index contributed by atoms with van der Waals surface area (Å²) in [6, 6.07) is 0. The molecule has 0 spiro atoms. The lowest BCUT2D eigenvalue weighted by atomic mass is 10.0. The molecule has 2 aliphatic carbocycles. The van der Waals surface area contributed by atoms with Crippen LogP contribution < -0.4 is 0 Å². The standard InChI is InChI=1S/C12H22Si3/c13-15(12-9-5-2-6-10-12)14-11-7-3-1-4-8-11/h11-12H,1-10H2. The zero-order valence-corrected chi connectivity index (χ0v) is 12.7. The van der Waals surface area contributed by atoms with Crippen LogP contribution in [-0.2, 0) is 0 Å². The maximum atomic E-state index is 4.14. The van der Waals surface area contributed by atoms with Crippen molar-refractivity contribution in [1.29, 1.82) is 0 Å². The van der Waals surface area contributed by atoms with E-state index in [2.05, 4.69) is 9.76 Å². The Kier molecular flexibility index (Phi) is 5.17. The summed E-state index contributed by atoms with van der Waals surface area (Å²) in [6.07, 6.45) is 15.2.